The van der Waals surface area contributed by atoms with Crippen LogP contribution in [0.2, 0.25) is 0 Å². The van der Waals surface area contributed by atoms with Gasteiger partial charge in [-0.1, -0.05) is 12.0 Å². The third-order valence-corrected chi connectivity index (χ3v) is 1.90. The number of nitrogens with one attached hydrogen (secondary N) is 1. The molecule has 0 heterocycles. The highest BCUT2D eigenvalue weighted by Crippen LogP contribution is 2.13. The summed E-state index contributed by atoms with van der Waals surface area (Å²) >= 11 is 0. The van der Waals surface area contributed by atoms with Crippen molar-refractivity contribution in [2.75, 3.05) is 12.3 Å². The molecule has 0 aliphatic rings. The highest BCUT2D eigenvalue weighted by Gasteiger charge is 2.10. The number of aliphatic hydroxyl groups is 1. The second kappa shape index (κ2) is 5.03. The Morgan fingerprint density at radius 1 is 1.60 bits per heavy atom. The van der Waals surface area contributed by atoms with Gasteiger partial charge in [-0.25, -0.2) is 0 Å². The summed E-state index contributed by atoms with van der Waals surface area (Å²) in [5.41, 5.74) is 6.90. The number of anilines is 1. The van der Waals surface area contributed by atoms with E-state index in [-0.39, 0.29) is 19.1 Å². The van der Waals surface area contributed by atoms with Crippen molar-refractivity contribution >= 4 is 11.6 Å². The van der Waals surface area contributed by atoms with Crippen molar-refractivity contribution in [3.8, 4) is 12.3 Å². The molecule has 4 heteroatoms. The van der Waals surface area contributed by atoms with Crippen LogP contribution in [-0.4, -0.2) is 17.6 Å². The molecule has 0 unspecified atom stereocenters. The summed E-state index contributed by atoms with van der Waals surface area (Å²) < 4.78 is 0. The molecule has 78 valence electrons. The average Bonchev–Trinajstić information content (AvgIpc) is 2.25. The first-order valence-corrected chi connectivity index (χ1v) is 4.40. The summed E-state index contributed by atoms with van der Waals surface area (Å²) in [6.07, 6.45) is 5.02. The van der Waals surface area contributed by atoms with Gasteiger partial charge in [0.05, 0.1) is 13.2 Å². The Hall–Kier alpha value is -1.99. The fourth-order valence-electron chi connectivity index (χ4n) is 1.17. The molecule has 1 aromatic rings. The molecule has 15 heavy (non-hydrogen) atoms. The number of hydrogen-bond donors (Lipinski definition) is 3. The minimum absolute atomic E-state index is 0.151. The summed E-state index contributed by atoms with van der Waals surface area (Å²) in [6.45, 7) is -0.0579. The van der Waals surface area contributed by atoms with Gasteiger partial charge in [0, 0.05) is 11.3 Å². The van der Waals surface area contributed by atoms with Gasteiger partial charge in [-0.2, -0.15) is 0 Å². The number of nitrogen functional groups attached to an aromatic ring is 1. The lowest BCUT2D eigenvalue weighted by Gasteiger charge is -2.07. The van der Waals surface area contributed by atoms with Gasteiger partial charge < -0.3 is 16.2 Å². The van der Waals surface area contributed by atoms with E-state index in [0.29, 0.717) is 16.8 Å². The number of carbonyl (C=O) groups is 1. The maximum absolute atomic E-state index is 11.6. The van der Waals surface area contributed by atoms with Crippen LogP contribution in [0, 0.1) is 12.3 Å². The highest BCUT2D eigenvalue weighted by molar-refractivity contribution is 5.96. The minimum Gasteiger partial charge on any atom is -0.399 e. The van der Waals surface area contributed by atoms with Crippen molar-refractivity contribution in [2.24, 2.45) is 0 Å². The van der Waals surface area contributed by atoms with Crippen molar-refractivity contribution in [3.63, 3.8) is 0 Å². The van der Waals surface area contributed by atoms with Gasteiger partial charge in [-0.3, -0.25) is 4.79 Å². The number of hydrogen-bond acceptors (Lipinski definition) is 3. The molecule has 0 bridgehead atoms. The van der Waals surface area contributed by atoms with E-state index < -0.39 is 0 Å². The molecule has 1 rings (SSSR count). The van der Waals surface area contributed by atoms with E-state index in [9.17, 15) is 4.79 Å². The van der Waals surface area contributed by atoms with Crippen molar-refractivity contribution in [1.29, 1.82) is 0 Å². The summed E-state index contributed by atoms with van der Waals surface area (Å²) in [7, 11) is 0. The predicted molar refractivity (Wildman–Crippen MR) is 57.9 cm³/mol. The largest absolute Gasteiger partial charge is 0.399 e. The standard InChI is InChI=1S/C11H12N2O2/c1-2-5-13-11(15)10-6-9(12)4-3-8(10)7-14/h1,3-4,6,14H,5,7,12H2,(H,13,15). The number of terminal acetylenes is 1. The molecular weight excluding hydrogens is 192 g/mol. The van der Waals surface area contributed by atoms with E-state index in [4.69, 9.17) is 17.3 Å². The number of aliphatic hydroxyl groups excluding tert-OH is 1. The van der Waals surface area contributed by atoms with Crippen LogP contribution in [0.15, 0.2) is 18.2 Å². The average molecular weight is 204 g/mol. The van der Waals surface area contributed by atoms with Crippen LogP contribution in [0.25, 0.3) is 0 Å². The van der Waals surface area contributed by atoms with Gasteiger partial charge in [-0.15, -0.1) is 6.42 Å². The van der Waals surface area contributed by atoms with E-state index in [2.05, 4.69) is 11.2 Å². The molecule has 4 N–H and O–H groups in total. The topological polar surface area (TPSA) is 75.4 Å². The van der Waals surface area contributed by atoms with Crippen LogP contribution in [0.1, 0.15) is 15.9 Å². The Morgan fingerprint density at radius 3 is 2.93 bits per heavy atom. The minimum atomic E-state index is -0.329. The van der Waals surface area contributed by atoms with E-state index in [1.165, 1.54) is 6.07 Å². The normalized spacial score (nSPS) is 9.33. The van der Waals surface area contributed by atoms with Crippen molar-refractivity contribution in [3.05, 3.63) is 29.3 Å². The fourth-order valence-corrected chi connectivity index (χ4v) is 1.17. The first kappa shape index (κ1) is 11.1. The second-order valence-corrected chi connectivity index (χ2v) is 2.96. The van der Waals surface area contributed by atoms with Crippen molar-refractivity contribution in [2.45, 2.75) is 6.61 Å². The molecular formula is C11H12N2O2. The third-order valence-electron chi connectivity index (χ3n) is 1.90. The monoisotopic (exact) mass is 204 g/mol. The van der Waals surface area contributed by atoms with Gasteiger partial charge in [0.25, 0.3) is 5.91 Å². The number of amides is 1. The fraction of sp³-hybridized carbons (Fsp3) is 0.182. The van der Waals surface area contributed by atoms with Gasteiger partial charge in [-0.05, 0) is 17.7 Å². The van der Waals surface area contributed by atoms with E-state index in [0.717, 1.165) is 0 Å². The van der Waals surface area contributed by atoms with Crippen LogP contribution in [0.5, 0.6) is 0 Å². The van der Waals surface area contributed by atoms with Crippen LogP contribution in [0.3, 0.4) is 0 Å². The number of nitrogens with two attached hydrogens (primary N) is 1. The third kappa shape index (κ3) is 2.73. The van der Waals surface area contributed by atoms with Gasteiger partial charge in [0.15, 0.2) is 0 Å². The SMILES string of the molecule is C#CCNC(=O)c1cc(N)ccc1CO. The zero-order valence-electron chi connectivity index (χ0n) is 8.16. The van der Waals surface area contributed by atoms with Crippen LogP contribution in [-0.2, 0) is 6.61 Å². The molecule has 4 nitrogen and oxygen atoms in total. The van der Waals surface area contributed by atoms with E-state index in [1.54, 1.807) is 12.1 Å². The first-order chi connectivity index (χ1) is 7.19. The molecule has 0 aliphatic heterocycles. The lowest BCUT2D eigenvalue weighted by atomic mass is 10.1. The molecule has 0 saturated heterocycles. The van der Waals surface area contributed by atoms with E-state index in [1.807, 2.05) is 0 Å². The summed E-state index contributed by atoms with van der Waals surface area (Å²) in [5, 5.41) is 11.5. The van der Waals surface area contributed by atoms with E-state index >= 15 is 0 Å². The van der Waals surface area contributed by atoms with Crippen LogP contribution < -0.4 is 11.1 Å². The number of rotatable bonds is 3. The maximum Gasteiger partial charge on any atom is 0.252 e. The number of carbonyl (C=O) groups excluding carboxylic acids is 1. The predicted octanol–water partition coefficient (Wildman–Crippen LogP) is 0.124. The molecule has 0 saturated carbocycles. The Kier molecular flexibility index (Phi) is 3.72. The summed E-state index contributed by atoms with van der Waals surface area (Å²) in [6, 6.07) is 4.75. The smallest absolute Gasteiger partial charge is 0.252 e. The van der Waals surface area contributed by atoms with Crippen molar-refractivity contribution < 1.29 is 9.90 Å². The summed E-state index contributed by atoms with van der Waals surface area (Å²) in [4.78, 5) is 11.6. The Bertz CT molecular complexity index is 408. The molecule has 0 aliphatic carbocycles. The molecule has 0 radical (unpaired) electrons. The molecule has 0 spiro atoms. The Labute approximate surface area is 88.1 Å². The lowest BCUT2D eigenvalue weighted by Crippen LogP contribution is -2.24. The first-order valence-electron chi connectivity index (χ1n) is 4.40. The Morgan fingerprint density at radius 2 is 2.33 bits per heavy atom. The van der Waals surface area contributed by atoms with Crippen molar-refractivity contribution in [1.82, 2.24) is 5.32 Å². The quantitative estimate of drug-likeness (QED) is 0.483. The van der Waals surface area contributed by atoms with Gasteiger partial charge >= 0.3 is 0 Å². The van der Waals surface area contributed by atoms with Gasteiger partial charge in [0.1, 0.15) is 0 Å². The molecule has 0 fully saturated rings. The highest BCUT2D eigenvalue weighted by atomic mass is 16.3. The van der Waals surface area contributed by atoms with Gasteiger partial charge in [0.2, 0.25) is 0 Å². The maximum atomic E-state index is 11.6. The zero-order chi connectivity index (χ0) is 11.3. The van der Waals surface area contributed by atoms with Crippen LogP contribution in [0.4, 0.5) is 5.69 Å². The van der Waals surface area contributed by atoms with Crippen LogP contribution >= 0.6 is 0 Å². The second-order valence-electron chi connectivity index (χ2n) is 2.96. The molecule has 0 atom stereocenters. The molecule has 1 amide bonds. The molecule has 0 aromatic heterocycles. The zero-order valence-corrected chi connectivity index (χ0v) is 8.16. The summed E-state index contributed by atoms with van der Waals surface area (Å²) in [5.74, 6) is 1.97. The number of benzene rings is 1. The Balaban J connectivity index is 2.96. The lowest BCUT2D eigenvalue weighted by molar-refractivity contribution is 0.0955. The molecule has 1 aromatic carbocycles.